The van der Waals surface area contributed by atoms with Crippen LogP contribution in [0.5, 0.6) is 0 Å². The Labute approximate surface area is 168 Å². The van der Waals surface area contributed by atoms with E-state index >= 15 is 0 Å². The quantitative estimate of drug-likeness (QED) is 0.641. The lowest BCUT2D eigenvalue weighted by atomic mass is 10.00. The summed E-state index contributed by atoms with van der Waals surface area (Å²) in [5.41, 5.74) is 1.53. The molecule has 4 rings (SSSR count). The molecule has 0 fully saturated rings. The number of sulfone groups is 1. The van der Waals surface area contributed by atoms with Crippen molar-refractivity contribution in [3.63, 3.8) is 0 Å². The monoisotopic (exact) mass is 464 g/mol. The Kier molecular flexibility index (Phi) is 4.64. The maximum atomic E-state index is 13.9. The second-order valence-electron chi connectivity index (χ2n) is 6.27. The van der Waals surface area contributed by atoms with E-state index in [9.17, 15) is 17.9 Å². The van der Waals surface area contributed by atoms with Crippen molar-refractivity contribution in [3.05, 3.63) is 69.5 Å². The molecule has 10 heteroatoms. The van der Waals surface area contributed by atoms with Gasteiger partial charge in [0.1, 0.15) is 19.0 Å². The molecule has 0 saturated heterocycles. The van der Waals surface area contributed by atoms with Gasteiger partial charge in [0.25, 0.3) is 0 Å². The van der Waals surface area contributed by atoms with Crippen LogP contribution in [0.2, 0.25) is 0 Å². The van der Waals surface area contributed by atoms with Crippen LogP contribution in [0, 0.1) is 5.82 Å². The molecule has 0 spiro atoms. The maximum absolute atomic E-state index is 13.9. The van der Waals surface area contributed by atoms with E-state index in [2.05, 4.69) is 31.1 Å². The Morgan fingerprint density at radius 2 is 2.04 bits per heavy atom. The summed E-state index contributed by atoms with van der Waals surface area (Å²) in [6, 6.07) is 9.00. The van der Waals surface area contributed by atoms with Gasteiger partial charge < -0.3 is 5.11 Å². The molecular weight excluding hydrogens is 451 g/mol. The number of fused-ring (bicyclic) bond motifs is 3. The Hall–Kier alpha value is -2.43. The molecule has 0 radical (unpaired) electrons. The molecule has 0 bridgehead atoms. The van der Waals surface area contributed by atoms with E-state index in [1.54, 1.807) is 16.7 Å². The standard InChI is InChI=1S/C18H14BrFN4O3S/c1-28(26,27)14-7-11(19)6-13-17(14)18(10-3-2-4-12(20)5-10)21-8-15-22-23-16(9-25)24(13)15/h2-7,25H,8-9H2,1H3. The van der Waals surface area contributed by atoms with E-state index in [-0.39, 0.29) is 23.9 Å². The van der Waals surface area contributed by atoms with Crippen LogP contribution < -0.4 is 0 Å². The Morgan fingerprint density at radius 1 is 1.25 bits per heavy atom. The number of benzene rings is 2. The minimum Gasteiger partial charge on any atom is -0.388 e. The zero-order valence-electron chi connectivity index (χ0n) is 14.6. The van der Waals surface area contributed by atoms with Crippen LogP contribution >= 0.6 is 15.9 Å². The predicted octanol–water partition coefficient (Wildman–Crippen LogP) is 2.42. The first-order valence-electron chi connectivity index (χ1n) is 8.18. The SMILES string of the molecule is CS(=O)(=O)c1cc(Br)cc2c1C(c1cccc(F)c1)=NCc1nnc(CO)n1-2. The normalized spacial score (nSPS) is 13.5. The lowest BCUT2D eigenvalue weighted by molar-refractivity contribution is 0.268. The molecule has 2 aromatic carbocycles. The number of aromatic nitrogens is 3. The van der Waals surface area contributed by atoms with Crippen LogP contribution in [0.25, 0.3) is 5.69 Å². The Bertz CT molecular complexity index is 1240. The summed E-state index contributed by atoms with van der Waals surface area (Å²) in [5, 5.41) is 17.7. The molecule has 1 aromatic heterocycles. The van der Waals surface area contributed by atoms with E-state index in [4.69, 9.17) is 0 Å². The molecule has 0 atom stereocenters. The van der Waals surface area contributed by atoms with E-state index in [0.29, 0.717) is 32.8 Å². The number of hydrogen-bond acceptors (Lipinski definition) is 6. The third kappa shape index (κ3) is 3.17. The Balaban J connectivity index is 2.14. The second kappa shape index (κ2) is 6.87. The number of nitrogens with zero attached hydrogens (tertiary/aromatic N) is 4. The highest BCUT2D eigenvalue weighted by Gasteiger charge is 2.29. The van der Waals surface area contributed by atoms with Gasteiger partial charge in [-0.15, -0.1) is 10.2 Å². The van der Waals surface area contributed by atoms with Gasteiger partial charge in [-0.2, -0.15) is 0 Å². The third-order valence-corrected chi connectivity index (χ3v) is 5.92. The lowest BCUT2D eigenvalue weighted by Crippen LogP contribution is -2.15. The first-order valence-corrected chi connectivity index (χ1v) is 10.9. The molecular formula is C18H14BrFN4O3S. The van der Waals surface area contributed by atoms with Gasteiger partial charge in [0.2, 0.25) is 0 Å². The van der Waals surface area contributed by atoms with Crippen LogP contribution in [-0.4, -0.2) is 40.3 Å². The summed E-state index contributed by atoms with van der Waals surface area (Å²) in [4.78, 5) is 4.57. The average Bonchev–Trinajstić information content (AvgIpc) is 2.97. The van der Waals surface area contributed by atoms with Crippen molar-refractivity contribution in [1.82, 2.24) is 14.8 Å². The van der Waals surface area contributed by atoms with Gasteiger partial charge in [0.15, 0.2) is 21.5 Å². The van der Waals surface area contributed by atoms with Gasteiger partial charge in [-0.3, -0.25) is 9.56 Å². The number of rotatable bonds is 3. The van der Waals surface area contributed by atoms with Crippen molar-refractivity contribution in [2.24, 2.45) is 4.99 Å². The largest absolute Gasteiger partial charge is 0.388 e. The van der Waals surface area contributed by atoms with Crippen LogP contribution in [0.3, 0.4) is 0 Å². The molecule has 0 amide bonds. The van der Waals surface area contributed by atoms with Crippen LogP contribution in [-0.2, 0) is 23.0 Å². The number of hydrogen-bond donors (Lipinski definition) is 1. The summed E-state index contributed by atoms with van der Waals surface area (Å²) >= 11 is 3.35. The lowest BCUT2D eigenvalue weighted by Gasteiger charge is -2.17. The summed E-state index contributed by atoms with van der Waals surface area (Å²) < 4.78 is 41.1. The van der Waals surface area contributed by atoms with Crippen molar-refractivity contribution in [3.8, 4) is 5.69 Å². The van der Waals surface area contributed by atoms with E-state index in [1.165, 1.54) is 24.3 Å². The van der Waals surface area contributed by atoms with Crippen LogP contribution in [0.1, 0.15) is 22.8 Å². The van der Waals surface area contributed by atoms with Gasteiger partial charge in [0.05, 0.1) is 16.3 Å². The van der Waals surface area contributed by atoms with Crippen molar-refractivity contribution in [2.75, 3.05) is 6.26 Å². The predicted molar refractivity (Wildman–Crippen MR) is 104 cm³/mol. The molecule has 144 valence electrons. The molecule has 0 aliphatic carbocycles. The molecule has 2 heterocycles. The maximum Gasteiger partial charge on any atom is 0.176 e. The number of halogens is 2. The molecule has 28 heavy (non-hydrogen) atoms. The molecule has 0 saturated carbocycles. The average molecular weight is 465 g/mol. The highest BCUT2D eigenvalue weighted by atomic mass is 79.9. The fraction of sp³-hybridized carbons (Fsp3) is 0.167. The zero-order chi connectivity index (χ0) is 20.1. The summed E-state index contributed by atoms with van der Waals surface area (Å²) in [6.45, 7) is -0.295. The first-order chi connectivity index (χ1) is 13.3. The van der Waals surface area contributed by atoms with Gasteiger partial charge in [0, 0.05) is 21.9 Å². The van der Waals surface area contributed by atoms with Crippen molar-refractivity contribution >= 4 is 31.5 Å². The van der Waals surface area contributed by atoms with Gasteiger partial charge in [-0.05, 0) is 24.3 Å². The second-order valence-corrected chi connectivity index (χ2v) is 9.17. The summed E-state index contributed by atoms with van der Waals surface area (Å²) in [5.74, 6) is 0.234. The smallest absolute Gasteiger partial charge is 0.176 e. The van der Waals surface area contributed by atoms with Crippen LogP contribution in [0.4, 0.5) is 4.39 Å². The minimum atomic E-state index is -3.66. The molecule has 1 aliphatic rings. The number of aliphatic hydroxyl groups excluding tert-OH is 1. The summed E-state index contributed by atoms with van der Waals surface area (Å²) in [6.07, 6.45) is 1.10. The van der Waals surface area contributed by atoms with Crippen molar-refractivity contribution in [2.45, 2.75) is 18.0 Å². The van der Waals surface area contributed by atoms with Gasteiger partial charge in [-0.25, -0.2) is 12.8 Å². The van der Waals surface area contributed by atoms with E-state index in [1.807, 2.05) is 0 Å². The molecule has 0 unspecified atom stereocenters. The third-order valence-electron chi connectivity index (χ3n) is 4.34. The highest BCUT2D eigenvalue weighted by molar-refractivity contribution is 9.10. The fourth-order valence-electron chi connectivity index (χ4n) is 3.21. The molecule has 1 aliphatic heterocycles. The van der Waals surface area contributed by atoms with E-state index in [0.717, 1.165) is 6.26 Å². The first kappa shape index (κ1) is 18.9. The topological polar surface area (TPSA) is 97.4 Å². The number of aliphatic imine (C=N–C) groups is 1. The van der Waals surface area contributed by atoms with Gasteiger partial charge >= 0.3 is 0 Å². The Morgan fingerprint density at radius 3 is 2.71 bits per heavy atom. The van der Waals surface area contributed by atoms with Crippen LogP contribution in [0.15, 0.2) is 50.8 Å². The van der Waals surface area contributed by atoms with Crippen molar-refractivity contribution in [1.29, 1.82) is 0 Å². The molecule has 7 nitrogen and oxygen atoms in total. The zero-order valence-corrected chi connectivity index (χ0v) is 17.0. The summed E-state index contributed by atoms with van der Waals surface area (Å²) in [7, 11) is -3.66. The van der Waals surface area contributed by atoms with Crippen molar-refractivity contribution < 1.29 is 17.9 Å². The van der Waals surface area contributed by atoms with Gasteiger partial charge in [-0.1, -0.05) is 28.1 Å². The minimum absolute atomic E-state index is 0.0327. The fourth-order valence-corrected chi connectivity index (χ4v) is 4.72. The molecule has 1 N–H and O–H groups in total. The van der Waals surface area contributed by atoms with E-state index < -0.39 is 15.7 Å². The molecule has 3 aromatic rings. The number of aliphatic hydroxyl groups is 1. The highest BCUT2D eigenvalue weighted by Crippen LogP contribution is 2.34.